The molecule has 0 aromatic carbocycles. The lowest BCUT2D eigenvalue weighted by atomic mass is 10.3. The molecule has 0 aliphatic carbocycles. The highest BCUT2D eigenvalue weighted by Crippen LogP contribution is 2.12. The number of hydrogen-bond acceptors (Lipinski definition) is 6. The maximum absolute atomic E-state index is 12.0. The lowest BCUT2D eigenvalue weighted by molar-refractivity contribution is 0.0948. The Morgan fingerprint density at radius 1 is 1.41 bits per heavy atom. The Bertz CT molecular complexity index is 872. The molecule has 1 amide bonds. The van der Waals surface area contributed by atoms with E-state index in [0.29, 0.717) is 23.6 Å². The number of carbonyl (C=O) groups is 1. The summed E-state index contributed by atoms with van der Waals surface area (Å²) in [6, 6.07) is 1.50. The van der Waals surface area contributed by atoms with E-state index >= 15 is 0 Å². The van der Waals surface area contributed by atoms with Crippen LogP contribution in [0.2, 0.25) is 0 Å². The van der Waals surface area contributed by atoms with E-state index in [1.54, 1.807) is 11.3 Å². The summed E-state index contributed by atoms with van der Waals surface area (Å²) in [7, 11) is 0. The van der Waals surface area contributed by atoms with Crippen LogP contribution < -0.4 is 10.9 Å². The molecule has 0 bridgehead atoms. The number of carbonyl (C=O) groups excluding carboxylic acids is 1. The molecule has 0 saturated heterocycles. The van der Waals surface area contributed by atoms with Crippen LogP contribution in [-0.2, 0) is 6.42 Å². The Hall–Kier alpha value is -2.61. The average molecular weight is 315 g/mol. The highest BCUT2D eigenvalue weighted by Gasteiger charge is 2.09. The molecular weight excluding hydrogens is 302 g/mol. The van der Waals surface area contributed by atoms with Gasteiger partial charge in [-0.2, -0.15) is 0 Å². The van der Waals surface area contributed by atoms with E-state index in [9.17, 15) is 9.59 Å². The van der Waals surface area contributed by atoms with Gasteiger partial charge in [-0.15, -0.1) is 11.3 Å². The maximum Gasteiger partial charge on any atom is 0.271 e. The first kappa shape index (κ1) is 14.3. The first-order chi connectivity index (χ1) is 10.6. The van der Waals surface area contributed by atoms with Gasteiger partial charge in [-0.05, 0) is 6.92 Å². The van der Waals surface area contributed by atoms with Crippen molar-refractivity contribution in [2.75, 3.05) is 6.54 Å². The Balaban J connectivity index is 1.70. The SMILES string of the molecule is Cc1cc(=O)n2c(CCNC(=O)c3cnccn3)csc2n1. The van der Waals surface area contributed by atoms with Gasteiger partial charge >= 0.3 is 0 Å². The lowest BCUT2D eigenvalue weighted by Gasteiger charge is -2.04. The van der Waals surface area contributed by atoms with E-state index < -0.39 is 0 Å². The Morgan fingerprint density at radius 2 is 2.27 bits per heavy atom. The maximum atomic E-state index is 12.0. The predicted octanol–water partition coefficient (Wildman–Crippen LogP) is 0.827. The van der Waals surface area contributed by atoms with Gasteiger partial charge in [0.25, 0.3) is 11.5 Å². The van der Waals surface area contributed by atoms with Crippen molar-refractivity contribution in [1.29, 1.82) is 0 Å². The third-order valence-electron chi connectivity index (χ3n) is 3.07. The summed E-state index contributed by atoms with van der Waals surface area (Å²) in [6.07, 6.45) is 4.92. The molecule has 3 heterocycles. The normalized spacial score (nSPS) is 10.8. The van der Waals surface area contributed by atoms with Crippen molar-refractivity contribution in [1.82, 2.24) is 24.7 Å². The minimum Gasteiger partial charge on any atom is -0.350 e. The van der Waals surface area contributed by atoms with Gasteiger partial charge in [0, 0.05) is 48.2 Å². The monoisotopic (exact) mass is 315 g/mol. The van der Waals surface area contributed by atoms with Gasteiger partial charge in [0.1, 0.15) is 5.69 Å². The van der Waals surface area contributed by atoms with Gasteiger partial charge in [-0.1, -0.05) is 0 Å². The van der Waals surface area contributed by atoms with Crippen LogP contribution in [0, 0.1) is 6.92 Å². The lowest BCUT2D eigenvalue weighted by Crippen LogP contribution is -2.27. The van der Waals surface area contributed by atoms with Gasteiger partial charge in [0.05, 0.1) is 6.20 Å². The molecule has 3 aromatic heterocycles. The summed E-state index contributed by atoms with van der Waals surface area (Å²) in [5.41, 5.74) is 1.71. The van der Waals surface area contributed by atoms with Crippen LogP contribution in [0.3, 0.4) is 0 Å². The second-order valence-electron chi connectivity index (χ2n) is 4.68. The minimum atomic E-state index is -0.283. The largest absolute Gasteiger partial charge is 0.350 e. The van der Waals surface area contributed by atoms with Crippen LogP contribution >= 0.6 is 11.3 Å². The molecule has 22 heavy (non-hydrogen) atoms. The molecule has 8 heteroatoms. The van der Waals surface area contributed by atoms with Crippen molar-refractivity contribution in [3.05, 3.63) is 57.5 Å². The molecule has 0 saturated carbocycles. The first-order valence-electron chi connectivity index (χ1n) is 6.66. The number of hydrogen-bond donors (Lipinski definition) is 1. The molecule has 0 aliphatic heterocycles. The van der Waals surface area contributed by atoms with E-state index in [-0.39, 0.29) is 17.2 Å². The van der Waals surface area contributed by atoms with E-state index in [1.807, 2.05) is 5.38 Å². The number of aryl methyl sites for hydroxylation is 1. The third-order valence-corrected chi connectivity index (χ3v) is 3.94. The smallest absolute Gasteiger partial charge is 0.271 e. The van der Waals surface area contributed by atoms with Gasteiger partial charge < -0.3 is 5.32 Å². The predicted molar refractivity (Wildman–Crippen MR) is 82.1 cm³/mol. The van der Waals surface area contributed by atoms with Crippen molar-refractivity contribution < 1.29 is 4.79 Å². The van der Waals surface area contributed by atoms with Gasteiger partial charge in [0.2, 0.25) is 0 Å². The van der Waals surface area contributed by atoms with E-state index in [1.165, 1.54) is 36.0 Å². The molecule has 0 radical (unpaired) electrons. The summed E-state index contributed by atoms with van der Waals surface area (Å²) < 4.78 is 1.58. The summed E-state index contributed by atoms with van der Waals surface area (Å²) in [6.45, 7) is 2.20. The zero-order valence-corrected chi connectivity index (χ0v) is 12.6. The molecule has 0 fully saturated rings. The molecular formula is C14H13N5O2S. The van der Waals surface area contributed by atoms with Crippen LogP contribution in [0.5, 0.6) is 0 Å². The van der Waals surface area contributed by atoms with E-state index in [0.717, 1.165) is 5.69 Å². The van der Waals surface area contributed by atoms with E-state index in [2.05, 4.69) is 20.3 Å². The molecule has 1 N–H and O–H groups in total. The van der Waals surface area contributed by atoms with Crippen LogP contribution in [0.1, 0.15) is 21.9 Å². The number of amides is 1. The van der Waals surface area contributed by atoms with Crippen LogP contribution in [-0.4, -0.2) is 31.8 Å². The van der Waals surface area contributed by atoms with Crippen molar-refractivity contribution in [2.45, 2.75) is 13.3 Å². The van der Waals surface area contributed by atoms with Crippen LogP contribution in [0.25, 0.3) is 4.96 Å². The van der Waals surface area contributed by atoms with Gasteiger partial charge in [-0.25, -0.2) is 9.97 Å². The Kier molecular flexibility index (Phi) is 3.92. The molecule has 112 valence electrons. The first-order valence-corrected chi connectivity index (χ1v) is 7.54. The van der Waals surface area contributed by atoms with Crippen LogP contribution in [0.15, 0.2) is 34.8 Å². The summed E-state index contributed by atoms with van der Waals surface area (Å²) >= 11 is 1.41. The molecule has 0 spiro atoms. The van der Waals surface area contributed by atoms with Gasteiger partial charge in [0.15, 0.2) is 4.96 Å². The van der Waals surface area contributed by atoms with Crippen molar-refractivity contribution in [3.63, 3.8) is 0 Å². The fourth-order valence-electron chi connectivity index (χ4n) is 2.07. The number of thiazole rings is 1. The number of rotatable bonds is 4. The number of nitrogens with zero attached hydrogens (tertiary/aromatic N) is 4. The fourth-order valence-corrected chi connectivity index (χ4v) is 3.04. The summed E-state index contributed by atoms with van der Waals surface area (Å²) in [5.74, 6) is -0.283. The standard InChI is InChI=1S/C14H13N5O2S/c1-9-6-12(20)19-10(8-22-14(19)18-9)2-3-17-13(21)11-7-15-4-5-16-11/h4-8H,2-3H2,1H3,(H,17,21). The zero-order valence-electron chi connectivity index (χ0n) is 11.8. The van der Waals surface area contributed by atoms with Crippen molar-refractivity contribution in [2.24, 2.45) is 0 Å². The Morgan fingerprint density at radius 3 is 3.05 bits per heavy atom. The minimum absolute atomic E-state index is 0.0981. The fraction of sp³-hybridized carbons (Fsp3) is 0.214. The van der Waals surface area contributed by atoms with Crippen molar-refractivity contribution >= 4 is 22.2 Å². The van der Waals surface area contributed by atoms with Gasteiger partial charge in [-0.3, -0.25) is 19.0 Å². The number of aromatic nitrogens is 4. The quantitative estimate of drug-likeness (QED) is 0.770. The number of fused-ring (bicyclic) bond motifs is 1. The second kappa shape index (κ2) is 6.02. The molecule has 0 aliphatic rings. The highest BCUT2D eigenvalue weighted by molar-refractivity contribution is 7.15. The van der Waals surface area contributed by atoms with Crippen LogP contribution in [0.4, 0.5) is 0 Å². The van der Waals surface area contributed by atoms with Crippen molar-refractivity contribution in [3.8, 4) is 0 Å². The van der Waals surface area contributed by atoms with E-state index in [4.69, 9.17) is 0 Å². The molecule has 7 nitrogen and oxygen atoms in total. The molecule has 0 atom stereocenters. The topological polar surface area (TPSA) is 89.2 Å². The molecule has 3 aromatic rings. The summed E-state index contributed by atoms with van der Waals surface area (Å²) in [4.78, 5) is 36.7. The third kappa shape index (κ3) is 2.86. The average Bonchev–Trinajstić information content (AvgIpc) is 2.91. The summed E-state index contributed by atoms with van der Waals surface area (Å²) in [5, 5.41) is 4.65. The highest BCUT2D eigenvalue weighted by atomic mass is 32.1. The number of nitrogens with one attached hydrogen (secondary N) is 1. The molecule has 3 rings (SSSR count). The second-order valence-corrected chi connectivity index (χ2v) is 5.51. The zero-order chi connectivity index (χ0) is 15.5. The molecule has 0 unspecified atom stereocenters. The Labute approximate surface area is 129 Å².